The normalized spacial score (nSPS) is 10.9. The molecule has 20 heavy (non-hydrogen) atoms. The molecule has 2 aromatic carbocycles. The summed E-state index contributed by atoms with van der Waals surface area (Å²) in [4.78, 5) is 15.3. The van der Waals surface area contributed by atoms with Crippen LogP contribution in [-0.4, -0.2) is 12.0 Å². The molecule has 0 aliphatic heterocycles. The van der Waals surface area contributed by atoms with E-state index in [1.165, 1.54) is 6.07 Å². The van der Waals surface area contributed by atoms with Crippen molar-refractivity contribution in [2.75, 3.05) is 17.7 Å². The summed E-state index contributed by atoms with van der Waals surface area (Å²) >= 11 is 0. The van der Waals surface area contributed by atoms with Crippen LogP contribution in [0.3, 0.4) is 0 Å². The molecule has 0 saturated carbocycles. The number of hydrogen-bond donors (Lipinski definition) is 2. The molecule has 1 aromatic heterocycles. The quantitative estimate of drug-likeness (QED) is 0.704. The van der Waals surface area contributed by atoms with Gasteiger partial charge in [-0.25, -0.2) is 9.18 Å². The summed E-state index contributed by atoms with van der Waals surface area (Å²) < 4.78 is 18.7. The van der Waals surface area contributed by atoms with Gasteiger partial charge in [-0.15, -0.1) is 0 Å². The van der Waals surface area contributed by atoms with Gasteiger partial charge in [0.1, 0.15) is 5.82 Å². The Morgan fingerprint density at radius 1 is 1.25 bits per heavy atom. The third-order valence-electron chi connectivity index (χ3n) is 3.14. The minimum atomic E-state index is -0.551. The average molecular weight is 273 g/mol. The van der Waals surface area contributed by atoms with E-state index >= 15 is 0 Å². The van der Waals surface area contributed by atoms with Gasteiger partial charge in [0.25, 0.3) is 0 Å². The van der Waals surface area contributed by atoms with Crippen molar-refractivity contribution in [1.82, 2.24) is 4.98 Å². The highest BCUT2D eigenvalue weighted by Gasteiger charge is 2.14. The molecule has 0 spiro atoms. The van der Waals surface area contributed by atoms with Crippen LogP contribution in [0.4, 0.5) is 21.5 Å². The van der Waals surface area contributed by atoms with Crippen molar-refractivity contribution >= 4 is 28.2 Å². The standard InChI is InChI=1S/C14H12FN3O2/c1-18(11-5-3-2-4-8(11)15)12-7-10-13(6-9(12)16)20-14(19)17-10/h2-7H,16H2,1H3,(H,17,19). The smallest absolute Gasteiger partial charge is 0.408 e. The van der Waals surface area contributed by atoms with Gasteiger partial charge in [0.15, 0.2) is 5.58 Å². The lowest BCUT2D eigenvalue weighted by atomic mass is 10.2. The van der Waals surface area contributed by atoms with Gasteiger partial charge in [-0.1, -0.05) is 12.1 Å². The maximum absolute atomic E-state index is 13.8. The number of rotatable bonds is 2. The van der Waals surface area contributed by atoms with Crippen molar-refractivity contribution in [1.29, 1.82) is 0 Å². The van der Waals surface area contributed by atoms with Crippen LogP contribution in [-0.2, 0) is 0 Å². The number of nitrogens with one attached hydrogen (secondary N) is 1. The first kappa shape index (κ1) is 12.3. The van der Waals surface area contributed by atoms with Gasteiger partial charge in [0.2, 0.25) is 0 Å². The summed E-state index contributed by atoms with van der Waals surface area (Å²) in [6, 6.07) is 9.58. The number of para-hydroxylation sites is 1. The molecule has 0 unspecified atom stereocenters. The number of nitrogens with two attached hydrogens (primary N) is 1. The van der Waals surface area contributed by atoms with E-state index in [2.05, 4.69) is 4.98 Å². The summed E-state index contributed by atoms with van der Waals surface area (Å²) in [7, 11) is 1.70. The summed E-state index contributed by atoms with van der Waals surface area (Å²) in [6.07, 6.45) is 0. The molecular formula is C14H12FN3O2. The molecule has 3 N–H and O–H groups in total. The van der Waals surface area contributed by atoms with E-state index in [-0.39, 0.29) is 5.82 Å². The number of nitrogens with zero attached hydrogens (tertiary/aromatic N) is 1. The molecule has 3 aromatic rings. The Labute approximate surface area is 113 Å². The Hall–Kier alpha value is -2.76. The van der Waals surface area contributed by atoms with Crippen molar-refractivity contribution in [3.63, 3.8) is 0 Å². The van der Waals surface area contributed by atoms with Crippen LogP contribution in [0, 0.1) is 5.82 Å². The molecule has 0 amide bonds. The largest absolute Gasteiger partial charge is 0.417 e. The van der Waals surface area contributed by atoms with Gasteiger partial charge in [0, 0.05) is 13.1 Å². The Kier molecular flexibility index (Phi) is 2.71. The van der Waals surface area contributed by atoms with Crippen LogP contribution in [0.25, 0.3) is 11.1 Å². The number of nitrogen functional groups attached to an aromatic ring is 1. The zero-order valence-electron chi connectivity index (χ0n) is 10.7. The first-order valence-electron chi connectivity index (χ1n) is 5.97. The van der Waals surface area contributed by atoms with Crippen LogP contribution in [0.1, 0.15) is 0 Å². The van der Waals surface area contributed by atoms with E-state index in [4.69, 9.17) is 10.2 Å². The molecule has 0 radical (unpaired) electrons. The fourth-order valence-corrected chi connectivity index (χ4v) is 2.15. The van der Waals surface area contributed by atoms with Crippen LogP contribution in [0.2, 0.25) is 0 Å². The number of hydrogen-bond acceptors (Lipinski definition) is 4. The molecule has 1 heterocycles. The van der Waals surface area contributed by atoms with Crippen LogP contribution >= 0.6 is 0 Å². The monoisotopic (exact) mass is 273 g/mol. The summed E-state index contributed by atoms with van der Waals surface area (Å²) in [6.45, 7) is 0. The van der Waals surface area contributed by atoms with Crippen molar-refractivity contribution in [3.8, 4) is 0 Å². The number of halogens is 1. The summed E-state index contributed by atoms with van der Waals surface area (Å²) in [5.41, 5.74) is 8.20. The molecular weight excluding hydrogens is 261 g/mol. The second-order valence-electron chi connectivity index (χ2n) is 4.43. The van der Waals surface area contributed by atoms with Crippen LogP contribution in [0.15, 0.2) is 45.6 Å². The van der Waals surface area contributed by atoms with E-state index in [9.17, 15) is 9.18 Å². The zero-order valence-corrected chi connectivity index (χ0v) is 10.7. The van der Waals surface area contributed by atoms with E-state index in [1.807, 2.05) is 0 Å². The van der Waals surface area contributed by atoms with Gasteiger partial charge in [-0.3, -0.25) is 4.98 Å². The minimum Gasteiger partial charge on any atom is -0.408 e. The number of fused-ring (bicyclic) bond motifs is 1. The molecule has 6 heteroatoms. The molecule has 102 valence electrons. The maximum atomic E-state index is 13.8. The molecule has 0 atom stereocenters. The number of benzene rings is 2. The fourth-order valence-electron chi connectivity index (χ4n) is 2.15. The van der Waals surface area contributed by atoms with E-state index in [1.54, 1.807) is 42.3 Å². The molecule has 3 rings (SSSR count). The van der Waals surface area contributed by atoms with Crippen molar-refractivity contribution in [3.05, 3.63) is 52.8 Å². The molecule has 0 aliphatic rings. The Balaban J connectivity index is 2.16. The van der Waals surface area contributed by atoms with Crippen LogP contribution < -0.4 is 16.4 Å². The van der Waals surface area contributed by atoms with Gasteiger partial charge < -0.3 is 15.1 Å². The second-order valence-corrected chi connectivity index (χ2v) is 4.43. The van der Waals surface area contributed by atoms with E-state index < -0.39 is 5.76 Å². The summed E-state index contributed by atoms with van der Waals surface area (Å²) in [5.74, 6) is -0.903. The fraction of sp³-hybridized carbons (Fsp3) is 0.0714. The van der Waals surface area contributed by atoms with Crippen molar-refractivity contribution < 1.29 is 8.81 Å². The highest BCUT2D eigenvalue weighted by molar-refractivity contribution is 5.87. The average Bonchev–Trinajstić information content (AvgIpc) is 2.76. The maximum Gasteiger partial charge on any atom is 0.417 e. The third-order valence-corrected chi connectivity index (χ3v) is 3.14. The van der Waals surface area contributed by atoms with E-state index in [0.717, 1.165) is 0 Å². The summed E-state index contributed by atoms with van der Waals surface area (Å²) in [5, 5.41) is 0. The lowest BCUT2D eigenvalue weighted by Gasteiger charge is -2.21. The number of aromatic nitrogens is 1. The Morgan fingerprint density at radius 2 is 2.00 bits per heavy atom. The number of H-pyrrole nitrogens is 1. The first-order valence-corrected chi connectivity index (χ1v) is 5.97. The molecule has 0 aliphatic carbocycles. The van der Waals surface area contributed by atoms with Crippen molar-refractivity contribution in [2.45, 2.75) is 0 Å². The topological polar surface area (TPSA) is 75.3 Å². The van der Waals surface area contributed by atoms with Gasteiger partial charge >= 0.3 is 5.76 Å². The van der Waals surface area contributed by atoms with Crippen LogP contribution in [0.5, 0.6) is 0 Å². The Bertz CT molecular complexity index is 838. The molecule has 0 bridgehead atoms. The van der Waals surface area contributed by atoms with Gasteiger partial charge in [-0.05, 0) is 18.2 Å². The minimum absolute atomic E-state index is 0.352. The highest BCUT2D eigenvalue weighted by atomic mass is 19.1. The zero-order chi connectivity index (χ0) is 14.3. The number of oxazole rings is 1. The molecule has 5 nitrogen and oxygen atoms in total. The predicted octanol–water partition coefficient (Wildman–Crippen LogP) is 2.61. The van der Waals surface area contributed by atoms with Crippen molar-refractivity contribution in [2.24, 2.45) is 0 Å². The lowest BCUT2D eigenvalue weighted by molar-refractivity contribution is 0.555. The number of anilines is 3. The van der Waals surface area contributed by atoms with Gasteiger partial charge in [-0.2, -0.15) is 0 Å². The van der Waals surface area contributed by atoms with E-state index in [0.29, 0.717) is 28.2 Å². The predicted molar refractivity (Wildman–Crippen MR) is 75.7 cm³/mol. The SMILES string of the molecule is CN(c1cc2[nH]c(=O)oc2cc1N)c1ccccc1F. The number of aromatic amines is 1. The second kappa shape index (κ2) is 4.41. The highest BCUT2D eigenvalue weighted by Crippen LogP contribution is 2.33. The van der Waals surface area contributed by atoms with Gasteiger partial charge in [0.05, 0.1) is 22.6 Å². The lowest BCUT2D eigenvalue weighted by Crippen LogP contribution is -2.13. The molecule has 0 saturated heterocycles. The first-order chi connectivity index (χ1) is 9.56. The Morgan fingerprint density at radius 3 is 2.75 bits per heavy atom. The third kappa shape index (κ3) is 1.91. The molecule has 0 fully saturated rings.